The Morgan fingerprint density at radius 2 is 1.41 bits per heavy atom. The third kappa shape index (κ3) is 6.26. The molecule has 5 atom stereocenters. The van der Waals surface area contributed by atoms with Crippen LogP contribution in [0.5, 0.6) is 0 Å². The first-order valence-corrected chi connectivity index (χ1v) is 8.81. The monoisotopic (exact) mass is 409 g/mol. The van der Waals surface area contributed by atoms with Crippen LogP contribution in [0.15, 0.2) is 30.3 Å². The minimum Gasteiger partial charge on any atom is -0.456 e. The van der Waals surface area contributed by atoms with Crippen LogP contribution >= 0.6 is 0 Å². The van der Waals surface area contributed by atoms with Crippen molar-refractivity contribution >= 4 is 23.8 Å². The van der Waals surface area contributed by atoms with E-state index in [0.29, 0.717) is 0 Å². The Hall–Kier alpha value is -2.98. The molecule has 1 aromatic rings. The van der Waals surface area contributed by atoms with Crippen molar-refractivity contribution in [1.29, 1.82) is 0 Å². The van der Waals surface area contributed by atoms with Gasteiger partial charge in [0.1, 0.15) is 6.10 Å². The molecule has 1 aliphatic heterocycles. The number of hydrogen-bond donors (Lipinski definition) is 1. The second-order valence-corrected chi connectivity index (χ2v) is 6.35. The molecule has 1 amide bonds. The maximum Gasteiger partial charge on any atom is 0.305 e. The zero-order valence-corrected chi connectivity index (χ0v) is 16.2. The summed E-state index contributed by atoms with van der Waals surface area (Å²) in [7, 11) is 0. The van der Waals surface area contributed by atoms with Gasteiger partial charge in [-0.05, 0) is 5.56 Å². The number of nitrogens with two attached hydrogens (primary N) is 1. The average Bonchev–Trinajstić information content (AvgIpc) is 2.62. The molecule has 10 heteroatoms. The van der Waals surface area contributed by atoms with Crippen LogP contribution in [0.1, 0.15) is 26.3 Å². The Bertz CT molecular complexity index is 751. The SMILES string of the molecule is CC(=O)O[C@@H]1O[C@@H](C(N)=O)[C@@H](OC(C)=O)[C@H](OCc2ccccc2)[C@H]1OC(C)=O. The molecule has 0 spiro atoms. The maximum absolute atomic E-state index is 11.9. The molecule has 1 fully saturated rings. The van der Waals surface area contributed by atoms with Gasteiger partial charge in [0.15, 0.2) is 18.3 Å². The van der Waals surface area contributed by atoms with Gasteiger partial charge >= 0.3 is 17.9 Å². The van der Waals surface area contributed by atoms with Gasteiger partial charge in [0.25, 0.3) is 5.91 Å². The fourth-order valence-corrected chi connectivity index (χ4v) is 2.89. The second kappa shape index (κ2) is 9.99. The van der Waals surface area contributed by atoms with Gasteiger partial charge < -0.3 is 29.4 Å². The van der Waals surface area contributed by atoms with E-state index >= 15 is 0 Å². The van der Waals surface area contributed by atoms with Gasteiger partial charge in [-0.15, -0.1) is 0 Å². The van der Waals surface area contributed by atoms with Crippen molar-refractivity contribution < 1.29 is 42.9 Å². The van der Waals surface area contributed by atoms with Crippen LogP contribution in [0, 0.1) is 0 Å². The standard InChI is InChI=1S/C19H23NO9/c1-10(21)26-15-14(25-9-13-7-5-4-6-8-13)17(27-11(2)22)19(28-12(3)23)29-16(15)18(20)24/h4-8,14-17,19H,9H2,1-3H3,(H2,20,24)/t14-,15-,16+,17+,19+/m0/s1. The molecule has 10 nitrogen and oxygen atoms in total. The Morgan fingerprint density at radius 1 is 0.862 bits per heavy atom. The molecule has 1 saturated heterocycles. The molecule has 0 unspecified atom stereocenters. The van der Waals surface area contributed by atoms with Crippen LogP contribution in [0.3, 0.4) is 0 Å². The van der Waals surface area contributed by atoms with Crippen molar-refractivity contribution in [3.05, 3.63) is 35.9 Å². The van der Waals surface area contributed by atoms with Crippen molar-refractivity contribution in [3.8, 4) is 0 Å². The Labute approximate surface area is 167 Å². The summed E-state index contributed by atoms with van der Waals surface area (Å²) in [6, 6.07) is 8.99. The van der Waals surface area contributed by atoms with Gasteiger partial charge in [-0.2, -0.15) is 0 Å². The molecular formula is C19H23NO9. The topological polar surface area (TPSA) is 140 Å². The Kier molecular flexibility index (Phi) is 7.68. The largest absolute Gasteiger partial charge is 0.456 e. The molecule has 1 aromatic carbocycles. The summed E-state index contributed by atoms with van der Waals surface area (Å²) in [6.45, 7) is 3.41. The number of amides is 1. The fraction of sp³-hybridized carbons (Fsp3) is 0.474. The van der Waals surface area contributed by atoms with E-state index in [0.717, 1.165) is 26.3 Å². The lowest BCUT2D eigenvalue weighted by Gasteiger charge is -2.43. The zero-order valence-electron chi connectivity index (χ0n) is 16.2. The van der Waals surface area contributed by atoms with E-state index in [9.17, 15) is 19.2 Å². The summed E-state index contributed by atoms with van der Waals surface area (Å²) in [5.41, 5.74) is 6.15. The first kappa shape index (κ1) is 22.3. The van der Waals surface area contributed by atoms with E-state index in [1.54, 1.807) is 24.3 Å². The van der Waals surface area contributed by atoms with Gasteiger partial charge in [0.05, 0.1) is 6.61 Å². The van der Waals surface area contributed by atoms with E-state index in [1.807, 2.05) is 6.07 Å². The number of esters is 3. The predicted octanol–water partition coefficient (Wildman–Crippen LogP) is 0.209. The first-order chi connectivity index (χ1) is 13.7. The van der Waals surface area contributed by atoms with Crippen LogP contribution < -0.4 is 5.73 Å². The molecule has 0 aliphatic carbocycles. The smallest absolute Gasteiger partial charge is 0.305 e. The van der Waals surface area contributed by atoms with Crippen molar-refractivity contribution in [2.75, 3.05) is 0 Å². The number of benzene rings is 1. The quantitative estimate of drug-likeness (QED) is 0.494. The van der Waals surface area contributed by atoms with Crippen LogP contribution in [0.4, 0.5) is 0 Å². The van der Waals surface area contributed by atoms with Crippen molar-refractivity contribution in [1.82, 2.24) is 0 Å². The molecule has 0 aromatic heterocycles. The van der Waals surface area contributed by atoms with Crippen LogP contribution in [-0.2, 0) is 49.5 Å². The molecule has 2 rings (SSSR count). The first-order valence-electron chi connectivity index (χ1n) is 8.81. The van der Waals surface area contributed by atoms with Gasteiger partial charge in [0.2, 0.25) is 6.29 Å². The highest BCUT2D eigenvalue weighted by Crippen LogP contribution is 2.30. The molecule has 1 aliphatic rings. The lowest BCUT2D eigenvalue weighted by molar-refractivity contribution is -0.295. The van der Waals surface area contributed by atoms with Crippen LogP contribution in [-0.4, -0.2) is 54.5 Å². The van der Waals surface area contributed by atoms with Crippen LogP contribution in [0.2, 0.25) is 0 Å². The van der Waals surface area contributed by atoms with Crippen LogP contribution in [0.25, 0.3) is 0 Å². The number of rotatable bonds is 7. The number of carbonyl (C=O) groups is 4. The number of primary amides is 1. The summed E-state index contributed by atoms with van der Waals surface area (Å²) in [5.74, 6) is -3.17. The van der Waals surface area contributed by atoms with E-state index in [2.05, 4.69) is 0 Å². The number of ether oxygens (including phenoxy) is 5. The minimum absolute atomic E-state index is 0.0271. The van der Waals surface area contributed by atoms with E-state index in [4.69, 9.17) is 29.4 Å². The lowest BCUT2D eigenvalue weighted by Crippen LogP contribution is -2.64. The summed E-state index contributed by atoms with van der Waals surface area (Å²) in [5, 5.41) is 0. The van der Waals surface area contributed by atoms with E-state index in [-0.39, 0.29) is 6.61 Å². The Balaban J connectivity index is 2.40. The number of hydrogen-bond acceptors (Lipinski definition) is 9. The molecule has 29 heavy (non-hydrogen) atoms. The van der Waals surface area contributed by atoms with Gasteiger partial charge in [0, 0.05) is 20.8 Å². The van der Waals surface area contributed by atoms with Gasteiger partial charge in [-0.25, -0.2) is 0 Å². The highest BCUT2D eigenvalue weighted by Gasteiger charge is 2.54. The fourth-order valence-electron chi connectivity index (χ4n) is 2.89. The summed E-state index contributed by atoms with van der Waals surface area (Å²) < 4.78 is 26.8. The summed E-state index contributed by atoms with van der Waals surface area (Å²) in [4.78, 5) is 46.7. The molecule has 2 N–H and O–H groups in total. The molecule has 0 bridgehead atoms. The predicted molar refractivity (Wildman–Crippen MR) is 95.7 cm³/mol. The lowest BCUT2D eigenvalue weighted by atomic mass is 9.97. The molecule has 1 heterocycles. The number of carbonyl (C=O) groups excluding carboxylic acids is 4. The summed E-state index contributed by atoms with van der Waals surface area (Å²) >= 11 is 0. The Morgan fingerprint density at radius 3 is 1.93 bits per heavy atom. The third-order valence-corrected chi connectivity index (χ3v) is 3.95. The third-order valence-electron chi connectivity index (χ3n) is 3.95. The molecule has 158 valence electrons. The van der Waals surface area contributed by atoms with Gasteiger partial charge in [-0.1, -0.05) is 30.3 Å². The van der Waals surface area contributed by atoms with Crippen molar-refractivity contribution in [2.45, 2.75) is 58.1 Å². The summed E-state index contributed by atoms with van der Waals surface area (Å²) in [6.07, 6.45) is -6.80. The second-order valence-electron chi connectivity index (χ2n) is 6.35. The van der Waals surface area contributed by atoms with E-state index in [1.165, 1.54) is 0 Å². The normalized spacial score (nSPS) is 26.2. The molecule has 0 radical (unpaired) electrons. The maximum atomic E-state index is 11.9. The van der Waals surface area contributed by atoms with E-state index < -0.39 is 54.5 Å². The minimum atomic E-state index is -1.49. The molecule has 0 saturated carbocycles. The average molecular weight is 409 g/mol. The highest BCUT2D eigenvalue weighted by atomic mass is 16.7. The van der Waals surface area contributed by atoms with Gasteiger partial charge in [-0.3, -0.25) is 19.2 Å². The molecular weight excluding hydrogens is 386 g/mol. The van der Waals surface area contributed by atoms with Crippen molar-refractivity contribution in [3.63, 3.8) is 0 Å². The zero-order chi connectivity index (χ0) is 21.6. The highest BCUT2D eigenvalue weighted by molar-refractivity contribution is 5.80. The van der Waals surface area contributed by atoms with Crippen molar-refractivity contribution in [2.24, 2.45) is 5.73 Å².